The number of halogens is 1. The lowest BCUT2D eigenvalue weighted by Crippen LogP contribution is -2.30. The summed E-state index contributed by atoms with van der Waals surface area (Å²) in [6.45, 7) is 1.40. The van der Waals surface area contributed by atoms with Gasteiger partial charge >= 0.3 is 6.01 Å². The van der Waals surface area contributed by atoms with E-state index in [2.05, 4.69) is 30.2 Å². The van der Waals surface area contributed by atoms with Crippen LogP contribution in [0.1, 0.15) is 12.8 Å². The van der Waals surface area contributed by atoms with Crippen LogP contribution in [-0.2, 0) is 0 Å². The molecule has 0 unspecified atom stereocenters. The summed E-state index contributed by atoms with van der Waals surface area (Å²) in [6.07, 6.45) is 5.09. The molecule has 1 spiro atoms. The van der Waals surface area contributed by atoms with Gasteiger partial charge in [-0.25, -0.2) is 14.4 Å². The number of benzene rings is 1. The zero-order valence-corrected chi connectivity index (χ0v) is 17.4. The van der Waals surface area contributed by atoms with Gasteiger partial charge in [-0.1, -0.05) is 0 Å². The molecule has 0 bridgehead atoms. The first kappa shape index (κ1) is 19.0. The highest BCUT2D eigenvalue weighted by Gasteiger charge is 2.54. The van der Waals surface area contributed by atoms with Crippen molar-refractivity contribution < 1.29 is 9.13 Å². The standard InChI is InChI=1S/C21H22FN9O/c1-25-12-3-2-11(22)14-15-17(28-16(12)14)29-20(32-10-6-26-19(24)27-7-10)30-18(15)31-8-13(23)21(9-31)4-5-21/h2-3,6-7,13,25H,4-5,8-9,23H2,1H3,(H2,24,26,27)(H,28,29,30)/t13-/m0/s1. The van der Waals surface area contributed by atoms with Crippen molar-refractivity contribution in [3.05, 3.63) is 30.3 Å². The van der Waals surface area contributed by atoms with E-state index in [4.69, 9.17) is 21.2 Å². The maximum absolute atomic E-state index is 15.1. The minimum absolute atomic E-state index is 0.0466. The van der Waals surface area contributed by atoms with Crippen LogP contribution in [0.25, 0.3) is 21.9 Å². The number of nitrogens with two attached hydrogens (primary N) is 2. The lowest BCUT2D eigenvalue weighted by Gasteiger charge is -2.19. The molecule has 1 saturated heterocycles. The van der Waals surface area contributed by atoms with Crippen molar-refractivity contribution in [1.29, 1.82) is 0 Å². The molecule has 1 atom stereocenters. The second kappa shape index (κ2) is 6.63. The maximum atomic E-state index is 15.1. The first-order valence-electron chi connectivity index (χ1n) is 10.4. The lowest BCUT2D eigenvalue weighted by molar-refractivity contribution is 0.440. The summed E-state index contributed by atoms with van der Waals surface area (Å²) in [4.78, 5) is 22.4. The summed E-state index contributed by atoms with van der Waals surface area (Å²) in [5.74, 6) is 0.736. The van der Waals surface area contributed by atoms with Crippen LogP contribution in [0.5, 0.6) is 11.8 Å². The van der Waals surface area contributed by atoms with Gasteiger partial charge in [0, 0.05) is 31.6 Å². The molecule has 6 N–H and O–H groups in total. The average molecular weight is 435 g/mol. The van der Waals surface area contributed by atoms with Gasteiger partial charge in [0.25, 0.3) is 0 Å². The van der Waals surface area contributed by atoms with E-state index in [1.807, 2.05) is 0 Å². The zero-order chi connectivity index (χ0) is 22.0. The molecule has 3 aromatic heterocycles. The highest BCUT2D eigenvalue weighted by Crippen LogP contribution is 2.53. The smallest absolute Gasteiger partial charge is 0.326 e. The Bertz CT molecular complexity index is 1350. The third-order valence-electron chi connectivity index (χ3n) is 6.55. The molecule has 0 radical (unpaired) electrons. The van der Waals surface area contributed by atoms with Gasteiger partial charge in [0.1, 0.15) is 17.3 Å². The van der Waals surface area contributed by atoms with Gasteiger partial charge in [0.15, 0.2) is 5.75 Å². The lowest BCUT2D eigenvalue weighted by atomic mass is 10.0. The normalized spacial score (nSPS) is 19.2. The van der Waals surface area contributed by atoms with Crippen LogP contribution in [0.15, 0.2) is 24.5 Å². The molecular weight excluding hydrogens is 413 g/mol. The van der Waals surface area contributed by atoms with Gasteiger partial charge in [-0.3, -0.25) is 0 Å². The van der Waals surface area contributed by atoms with Crippen molar-refractivity contribution in [2.45, 2.75) is 18.9 Å². The largest absolute Gasteiger partial charge is 0.421 e. The number of hydrogen-bond acceptors (Lipinski definition) is 9. The molecule has 2 aliphatic rings. The van der Waals surface area contributed by atoms with Crippen LogP contribution in [0.2, 0.25) is 0 Å². The molecular formula is C21H22FN9O. The van der Waals surface area contributed by atoms with Crippen LogP contribution in [-0.4, -0.2) is 51.1 Å². The number of nitrogen functional groups attached to an aromatic ring is 1. The number of hydrogen-bond donors (Lipinski definition) is 4. The number of ether oxygens (including phenoxy) is 1. The minimum atomic E-state index is -0.347. The molecule has 4 aromatic rings. The Morgan fingerprint density at radius 2 is 2.00 bits per heavy atom. The summed E-state index contributed by atoms with van der Waals surface area (Å²) < 4.78 is 20.9. The van der Waals surface area contributed by atoms with Gasteiger partial charge in [-0.05, 0) is 25.0 Å². The number of anilines is 3. The van der Waals surface area contributed by atoms with Gasteiger partial charge in [0.2, 0.25) is 5.95 Å². The minimum Gasteiger partial charge on any atom is -0.421 e. The topological polar surface area (TPSA) is 144 Å². The summed E-state index contributed by atoms with van der Waals surface area (Å²) in [5.41, 5.74) is 14.0. The molecule has 164 valence electrons. The van der Waals surface area contributed by atoms with Crippen molar-refractivity contribution >= 4 is 39.4 Å². The molecule has 32 heavy (non-hydrogen) atoms. The third kappa shape index (κ3) is 2.81. The monoisotopic (exact) mass is 435 g/mol. The van der Waals surface area contributed by atoms with Crippen LogP contribution < -0.4 is 26.4 Å². The van der Waals surface area contributed by atoms with Crippen molar-refractivity contribution in [2.24, 2.45) is 11.1 Å². The first-order valence-corrected chi connectivity index (χ1v) is 10.4. The summed E-state index contributed by atoms with van der Waals surface area (Å²) in [7, 11) is 1.79. The van der Waals surface area contributed by atoms with E-state index in [9.17, 15) is 0 Å². The molecule has 1 saturated carbocycles. The molecule has 4 heterocycles. The molecule has 6 rings (SSSR count). The van der Waals surface area contributed by atoms with Gasteiger partial charge in [-0.15, -0.1) is 0 Å². The highest BCUT2D eigenvalue weighted by atomic mass is 19.1. The first-order chi connectivity index (χ1) is 15.5. The Labute approximate surface area is 182 Å². The quantitative estimate of drug-likeness (QED) is 0.380. The number of fused-ring (bicyclic) bond motifs is 3. The Morgan fingerprint density at radius 1 is 1.22 bits per heavy atom. The van der Waals surface area contributed by atoms with Crippen LogP contribution in [0, 0.1) is 11.2 Å². The van der Waals surface area contributed by atoms with Crippen molar-refractivity contribution in [3.63, 3.8) is 0 Å². The summed E-state index contributed by atoms with van der Waals surface area (Å²) in [6, 6.07) is 3.28. The Hall–Kier alpha value is -3.73. The van der Waals surface area contributed by atoms with E-state index in [0.717, 1.165) is 25.1 Å². The molecule has 1 aromatic carbocycles. The van der Waals surface area contributed by atoms with Gasteiger partial charge in [0.05, 0.1) is 34.4 Å². The van der Waals surface area contributed by atoms with E-state index >= 15 is 4.39 Å². The highest BCUT2D eigenvalue weighted by molar-refractivity contribution is 6.14. The van der Waals surface area contributed by atoms with Crippen LogP contribution in [0.4, 0.5) is 21.8 Å². The number of nitrogens with one attached hydrogen (secondary N) is 2. The van der Waals surface area contributed by atoms with Crippen molar-refractivity contribution in [3.8, 4) is 11.8 Å². The third-order valence-corrected chi connectivity index (χ3v) is 6.55. The fourth-order valence-corrected chi connectivity index (χ4v) is 4.63. The number of aromatic nitrogens is 5. The predicted octanol–water partition coefficient (Wildman–Crippen LogP) is 2.38. The van der Waals surface area contributed by atoms with E-state index in [0.29, 0.717) is 40.0 Å². The van der Waals surface area contributed by atoms with E-state index in [1.54, 1.807) is 13.1 Å². The molecule has 11 heteroatoms. The van der Waals surface area contributed by atoms with Crippen LogP contribution >= 0.6 is 0 Å². The number of aromatic amines is 1. The van der Waals surface area contributed by atoms with Crippen molar-refractivity contribution in [1.82, 2.24) is 24.9 Å². The maximum Gasteiger partial charge on any atom is 0.326 e. The van der Waals surface area contributed by atoms with E-state index in [-0.39, 0.29) is 29.2 Å². The number of nitrogens with zero attached hydrogens (tertiary/aromatic N) is 5. The Kier molecular flexibility index (Phi) is 3.94. The fraction of sp³-hybridized carbons (Fsp3) is 0.333. The van der Waals surface area contributed by atoms with Crippen LogP contribution in [0.3, 0.4) is 0 Å². The second-order valence-corrected chi connectivity index (χ2v) is 8.50. The number of H-pyrrole nitrogens is 1. The van der Waals surface area contributed by atoms with Gasteiger partial charge in [-0.2, -0.15) is 9.97 Å². The predicted molar refractivity (Wildman–Crippen MR) is 119 cm³/mol. The summed E-state index contributed by atoms with van der Waals surface area (Å²) >= 11 is 0. The second-order valence-electron chi connectivity index (χ2n) is 8.50. The van der Waals surface area contributed by atoms with E-state index < -0.39 is 0 Å². The zero-order valence-electron chi connectivity index (χ0n) is 17.4. The van der Waals surface area contributed by atoms with Crippen molar-refractivity contribution in [2.75, 3.05) is 36.1 Å². The molecule has 10 nitrogen and oxygen atoms in total. The Balaban J connectivity index is 1.55. The molecule has 0 amide bonds. The molecule has 1 aliphatic heterocycles. The van der Waals surface area contributed by atoms with E-state index in [1.165, 1.54) is 18.5 Å². The van der Waals surface area contributed by atoms with Gasteiger partial charge < -0.3 is 31.4 Å². The molecule has 1 aliphatic carbocycles. The molecule has 2 fully saturated rings. The SMILES string of the molecule is CNc1ccc(F)c2c1[nH]c1nc(Oc3cnc(N)nc3)nc(N3C[C@H](N)C4(CC4)C3)c12. The Morgan fingerprint density at radius 3 is 2.69 bits per heavy atom. The number of rotatable bonds is 4. The fourth-order valence-electron chi connectivity index (χ4n) is 4.63. The summed E-state index contributed by atoms with van der Waals surface area (Å²) in [5, 5.41) is 4.15. The average Bonchev–Trinajstić information content (AvgIpc) is 3.35.